The molecule has 0 saturated heterocycles. The Bertz CT molecular complexity index is 1540. The number of benzene rings is 3. The molecule has 0 aliphatic rings. The van der Waals surface area contributed by atoms with E-state index in [-0.39, 0.29) is 10.3 Å². The molecule has 0 atom stereocenters. The van der Waals surface area contributed by atoms with Crippen LogP contribution in [0.1, 0.15) is 36.0 Å². The standard InChI is InChI=1S/C27H26N2O5S2/c1-27(2,3)18-9-12-20(13-10-18)36(32,33)29-19-11-14-22-21(15-19)24(17-7-5-4-6-8-17)25(35-22)26(31)34-16-23(28)30/h4-15,29H,16H2,1-3H3,(H2,28,30). The summed E-state index contributed by atoms with van der Waals surface area (Å²) in [7, 11) is -3.84. The van der Waals surface area contributed by atoms with E-state index in [1.165, 1.54) is 11.3 Å². The van der Waals surface area contributed by atoms with Gasteiger partial charge in [-0.2, -0.15) is 0 Å². The summed E-state index contributed by atoms with van der Waals surface area (Å²) in [6.07, 6.45) is 0. The summed E-state index contributed by atoms with van der Waals surface area (Å²) < 4.78 is 34.7. The number of nitrogens with two attached hydrogens (primary N) is 1. The lowest BCUT2D eigenvalue weighted by Crippen LogP contribution is -2.20. The second-order valence-corrected chi connectivity index (χ2v) is 12.0. The van der Waals surface area contributed by atoms with Crippen molar-refractivity contribution in [3.63, 3.8) is 0 Å². The number of nitrogens with one attached hydrogen (secondary N) is 1. The van der Waals surface area contributed by atoms with Gasteiger partial charge in [-0.05, 0) is 46.9 Å². The van der Waals surface area contributed by atoms with Gasteiger partial charge in [-0.1, -0.05) is 63.2 Å². The monoisotopic (exact) mass is 522 g/mol. The SMILES string of the molecule is CC(C)(C)c1ccc(S(=O)(=O)Nc2ccc3sc(C(=O)OCC(N)=O)c(-c4ccccc4)c3c2)cc1. The average molecular weight is 523 g/mol. The number of amides is 1. The van der Waals surface area contributed by atoms with Crippen molar-refractivity contribution < 1.29 is 22.7 Å². The van der Waals surface area contributed by atoms with Crippen molar-refractivity contribution in [1.29, 1.82) is 0 Å². The van der Waals surface area contributed by atoms with Crippen LogP contribution in [0.4, 0.5) is 5.69 Å². The van der Waals surface area contributed by atoms with E-state index in [1.807, 2.05) is 42.5 Å². The minimum absolute atomic E-state index is 0.0934. The van der Waals surface area contributed by atoms with Crippen molar-refractivity contribution in [1.82, 2.24) is 0 Å². The number of hydrogen-bond donors (Lipinski definition) is 2. The number of esters is 1. The molecule has 0 aliphatic heterocycles. The normalized spacial score (nSPS) is 11.9. The summed E-state index contributed by atoms with van der Waals surface area (Å²) in [5.74, 6) is -1.42. The van der Waals surface area contributed by atoms with Crippen molar-refractivity contribution >= 4 is 49.0 Å². The van der Waals surface area contributed by atoms with Gasteiger partial charge in [0.15, 0.2) is 6.61 Å². The second-order valence-electron chi connectivity index (χ2n) is 9.31. The molecule has 0 unspecified atom stereocenters. The molecule has 0 bridgehead atoms. The summed E-state index contributed by atoms with van der Waals surface area (Å²) in [5, 5.41) is 0.681. The molecule has 0 spiro atoms. The first kappa shape index (κ1) is 25.4. The molecule has 3 N–H and O–H groups in total. The molecule has 3 aromatic carbocycles. The molecule has 1 amide bonds. The third kappa shape index (κ3) is 5.42. The summed E-state index contributed by atoms with van der Waals surface area (Å²) in [5.41, 5.74) is 7.77. The van der Waals surface area contributed by atoms with Gasteiger partial charge in [0.25, 0.3) is 15.9 Å². The average Bonchev–Trinajstić information content (AvgIpc) is 3.21. The number of ether oxygens (including phenoxy) is 1. The first-order valence-electron chi connectivity index (χ1n) is 11.2. The molecule has 0 aliphatic carbocycles. The second kappa shape index (κ2) is 9.75. The summed E-state index contributed by atoms with van der Waals surface area (Å²) in [4.78, 5) is 24.3. The van der Waals surface area contributed by atoms with Crippen molar-refractivity contribution in [2.45, 2.75) is 31.1 Å². The van der Waals surface area contributed by atoms with Crippen LogP contribution >= 0.6 is 11.3 Å². The number of rotatable bonds is 7. The van der Waals surface area contributed by atoms with Crippen LogP contribution in [0.3, 0.4) is 0 Å². The number of primary amides is 1. The van der Waals surface area contributed by atoms with E-state index >= 15 is 0 Å². The van der Waals surface area contributed by atoms with Gasteiger partial charge in [0.1, 0.15) is 4.88 Å². The van der Waals surface area contributed by atoms with E-state index in [2.05, 4.69) is 25.5 Å². The van der Waals surface area contributed by atoms with Crippen LogP contribution in [0.2, 0.25) is 0 Å². The number of fused-ring (bicyclic) bond motifs is 1. The Morgan fingerprint density at radius 3 is 2.25 bits per heavy atom. The Labute approximate surface area is 214 Å². The van der Waals surface area contributed by atoms with Crippen LogP contribution < -0.4 is 10.5 Å². The third-order valence-electron chi connectivity index (χ3n) is 5.56. The van der Waals surface area contributed by atoms with Gasteiger partial charge in [-0.15, -0.1) is 11.3 Å². The highest BCUT2D eigenvalue weighted by molar-refractivity contribution is 7.92. The number of thiophene rings is 1. The van der Waals surface area contributed by atoms with Crippen LogP contribution in [-0.2, 0) is 25.0 Å². The predicted molar refractivity (Wildman–Crippen MR) is 143 cm³/mol. The zero-order chi connectivity index (χ0) is 26.1. The molecule has 4 rings (SSSR count). The van der Waals surface area contributed by atoms with Gasteiger partial charge in [0, 0.05) is 21.3 Å². The van der Waals surface area contributed by atoms with Gasteiger partial charge in [-0.25, -0.2) is 13.2 Å². The first-order chi connectivity index (χ1) is 17.0. The smallest absolute Gasteiger partial charge is 0.349 e. The number of carbonyl (C=O) groups excluding carboxylic acids is 2. The topological polar surface area (TPSA) is 116 Å². The van der Waals surface area contributed by atoms with Crippen LogP contribution in [0.5, 0.6) is 0 Å². The molecule has 36 heavy (non-hydrogen) atoms. The number of anilines is 1. The van der Waals surface area contributed by atoms with E-state index in [1.54, 1.807) is 30.3 Å². The quantitative estimate of drug-likeness (QED) is 0.319. The maximum Gasteiger partial charge on any atom is 0.349 e. The fourth-order valence-corrected chi connectivity index (χ4v) is 5.90. The van der Waals surface area contributed by atoms with Gasteiger partial charge in [-0.3, -0.25) is 9.52 Å². The minimum Gasteiger partial charge on any atom is -0.451 e. The lowest BCUT2D eigenvalue weighted by molar-refractivity contribution is -0.121. The molecule has 1 aromatic heterocycles. The first-order valence-corrected chi connectivity index (χ1v) is 13.5. The minimum atomic E-state index is -3.84. The van der Waals surface area contributed by atoms with Gasteiger partial charge < -0.3 is 10.5 Å². The van der Waals surface area contributed by atoms with E-state index < -0.39 is 28.5 Å². The largest absolute Gasteiger partial charge is 0.451 e. The number of carbonyl (C=O) groups is 2. The molecule has 0 saturated carbocycles. The van der Waals surface area contributed by atoms with Crippen LogP contribution in [0, 0.1) is 0 Å². The predicted octanol–water partition coefficient (Wildman–Crippen LogP) is 5.31. The van der Waals surface area contributed by atoms with E-state index in [4.69, 9.17) is 10.5 Å². The van der Waals surface area contributed by atoms with E-state index in [0.29, 0.717) is 21.5 Å². The maximum atomic E-state index is 13.1. The summed E-state index contributed by atoms with van der Waals surface area (Å²) in [6, 6.07) is 21.1. The van der Waals surface area contributed by atoms with Gasteiger partial charge >= 0.3 is 5.97 Å². The molecule has 0 fully saturated rings. The van der Waals surface area contributed by atoms with Gasteiger partial charge in [0.2, 0.25) is 0 Å². The van der Waals surface area contributed by atoms with E-state index in [9.17, 15) is 18.0 Å². The molecular formula is C27H26N2O5S2. The molecule has 186 valence electrons. The zero-order valence-corrected chi connectivity index (χ0v) is 21.7. The number of hydrogen-bond acceptors (Lipinski definition) is 6. The third-order valence-corrected chi connectivity index (χ3v) is 8.11. The zero-order valence-electron chi connectivity index (χ0n) is 20.1. The van der Waals surface area contributed by atoms with Crippen LogP contribution in [0.25, 0.3) is 21.2 Å². The lowest BCUT2D eigenvalue weighted by Gasteiger charge is -2.19. The lowest BCUT2D eigenvalue weighted by atomic mass is 9.87. The molecular weight excluding hydrogens is 496 g/mol. The highest BCUT2D eigenvalue weighted by Gasteiger charge is 2.23. The Hall–Kier alpha value is -3.69. The fraction of sp³-hybridized carbons (Fsp3) is 0.185. The Kier molecular flexibility index (Phi) is 6.88. The Morgan fingerprint density at radius 2 is 1.64 bits per heavy atom. The molecule has 7 nitrogen and oxygen atoms in total. The Balaban J connectivity index is 1.74. The van der Waals surface area contributed by atoms with Crippen molar-refractivity contribution in [3.05, 3.63) is 83.2 Å². The molecule has 9 heteroatoms. The van der Waals surface area contributed by atoms with Crippen molar-refractivity contribution in [2.75, 3.05) is 11.3 Å². The van der Waals surface area contributed by atoms with Crippen LogP contribution in [-0.4, -0.2) is 26.9 Å². The Morgan fingerprint density at radius 1 is 0.972 bits per heavy atom. The molecule has 1 heterocycles. The van der Waals surface area contributed by atoms with Crippen molar-refractivity contribution in [3.8, 4) is 11.1 Å². The summed E-state index contributed by atoms with van der Waals surface area (Å²) >= 11 is 1.20. The molecule has 0 radical (unpaired) electrons. The highest BCUT2D eigenvalue weighted by atomic mass is 32.2. The fourth-order valence-electron chi connectivity index (χ4n) is 3.75. The van der Waals surface area contributed by atoms with E-state index in [0.717, 1.165) is 15.8 Å². The van der Waals surface area contributed by atoms with Crippen LogP contribution in [0.15, 0.2) is 77.7 Å². The molecule has 4 aromatic rings. The highest BCUT2D eigenvalue weighted by Crippen LogP contribution is 2.40. The van der Waals surface area contributed by atoms with Gasteiger partial charge in [0.05, 0.1) is 4.90 Å². The number of sulfonamides is 1. The summed E-state index contributed by atoms with van der Waals surface area (Å²) in [6.45, 7) is 5.66. The van der Waals surface area contributed by atoms with Crippen molar-refractivity contribution in [2.24, 2.45) is 5.73 Å². The maximum absolute atomic E-state index is 13.1.